The highest BCUT2D eigenvalue weighted by atomic mass is 16.3. The van der Waals surface area contributed by atoms with E-state index in [1.807, 2.05) is 0 Å². The van der Waals surface area contributed by atoms with Crippen molar-refractivity contribution < 1.29 is 14.0 Å². The topological polar surface area (TPSA) is 62.6 Å². The molecule has 1 fully saturated rings. The van der Waals surface area contributed by atoms with E-state index in [-0.39, 0.29) is 35.1 Å². The first-order valence-electron chi connectivity index (χ1n) is 10.9. The highest BCUT2D eigenvalue weighted by Gasteiger charge is 2.30. The van der Waals surface area contributed by atoms with Gasteiger partial charge in [0, 0.05) is 19.0 Å². The van der Waals surface area contributed by atoms with E-state index in [1.54, 1.807) is 11.0 Å². The van der Waals surface area contributed by atoms with Crippen molar-refractivity contribution >= 4 is 11.8 Å². The number of benzene rings is 1. The summed E-state index contributed by atoms with van der Waals surface area (Å²) in [4.78, 5) is 27.2. The van der Waals surface area contributed by atoms with Crippen molar-refractivity contribution in [3.05, 3.63) is 59.5 Å². The molecule has 1 aromatic heterocycles. The van der Waals surface area contributed by atoms with Crippen LogP contribution in [0.2, 0.25) is 0 Å². The molecule has 30 heavy (non-hydrogen) atoms. The van der Waals surface area contributed by atoms with Crippen LogP contribution in [0.15, 0.2) is 47.3 Å². The molecule has 1 unspecified atom stereocenters. The number of carbonyl (C=O) groups excluding carboxylic acids is 2. The molecule has 5 nitrogen and oxygen atoms in total. The molecule has 162 valence electrons. The Hall–Kier alpha value is -2.56. The van der Waals surface area contributed by atoms with Gasteiger partial charge in [-0.3, -0.25) is 9.59 Å². The average molecular weight is 411 g/mol. The van der Waals surface area contributed by atoms with Gasteiger partial charge in [-0.2, -0.15) is 0 Å². The first-order valence-corrected chi connectivity index (χ1v) is 10.9. The molecule has 1 atom stereocenters. The molecule has 3 rings (SSSR count). The minimum Gasteiger partial charge on any atom is -0.472 e. The summed E-state index contributed by atoms with van der Waals surface area (Å²) in [5.74, 6) is 0.288. The van der Waals surface area contributed by atoms with Gasteiger partial charge in [-0.15, -0.1) is 0 Å². The van der Waals surface area contributed by atoms with Crippen LogP contribution in [0.1, 0.15) is 75.0 Å². The molecular weight excluding hydrogens is 376 g/mol. The van der Waals surface area contributed by atoms with Gasteiger partial charge in [0.15, 0.2) is 0 Å². The van der Waals surface area contributed by atoms with Crippen LogP contribution >= 0.6 is 0 Å². The van der Waals surface area contributed by atoms with Gasteiger partial charge in [0.1, 0.15) is 6.26 Å². The van der Waals surface area contributed by atoms with Gasteiger partial charge in [-0.25, -0.2) is 0 Å². The molecule has 1 aliphatic heterocycles. The summed E-state index contributed by atoms with van der Waals surface area (Å²) in [6, 6.07) is 10.3. The summed E-state index contributed by atoms with van der Waals surface area (Å²) < 4.78 is 5.01. The van der Waals surface area contributed by atoms with Gasteiger partial charge in [-0.1, -0.05) is 58.9 Å². The summed E-state index contributed by atoms with van der Waals surface area (Å²) in [5, 5.41) is 3.27. The second-order valence-corrected chi connectivity index (χ2v) is 9.68. The molecule has 1 N–H and O–H groups in total. The van der Waals surface area contributed by atoms with Crippen molar-refractivity contribution in [1.29, 1.82) is 0 Å². The molecule has 2 aromatic rings. The average Bonchev–Trinajstić information content (AvgIpc) is 3.25. The third-order valence-electron chi connectivity index (χ3n) is 6.02. The van der Waals surface area contributed by atoms with E-state index in [2.05, 4.69) is 64.2 Å². The first-order chi connectivity index (χ1) is 14.2. The van der Waals surface area contributed by atoms with Gasteiger partial charge in [0.05, 0.1) is 17.9 Å². The number of furan rings is 1. The van der Waals surface area contributed by atoms with Crippen molar-refractivity contribution in [3.63, 3.8) is 0 Å². The fraction of sp³-hybridized carbons (Fsp3) is 0.520. The van der Waals surface area contributed by atoms with E-state index in [0.29, 0.717) is 31.5 Å². The van der Waals surface area contributed by atoms with E-state index in [4.69, 9.17) is 4.42 Å². The number of nitrogens with zero attached hydrogens (tertiary/aromatic N) is 1. The predicted octanol–water partition coefficient (Wildman–Crippen LogP) is 4.94. The Labute approximate surface area is 179 Å². The molecule has 0 saturated carbocycles. The van der Waals surface area contributed by atoms with Gasteiger partial charge < -0.3 is 14.6 Å². The molecular formula is C25H34N2O3. The highest BCUT2D eigenvalue weighted by molar-refractivity contribution is 5.94. The van der Waals surface area contributed by atoms with E-state index < -0.39 is 0 Å². The monoisotopic (exact) mass is 410 g/mol. The number of carbonyl (C=O) groups is 2. The van der Waals surface area contributed by atoms with Crippen LogP contribution in [0, 0.1) is 11.8 Å². The second kappa shape index (κ2) is 9.07. The molecule has 0 spiro atoms. The van der Waals surface area contributed by atoms with Crippen LogP contribution in [0.25, 0.3) is 0 Å². The Morgan fingerprint density at radius 1 is 1.07 bits per heavy atom. The molecule has 1 aromatic carbocycles. The lowest BCUT2D eigenvalue weighted by molar-refractivity contribution is -0.127. The van der Waals surface area contributed by atoms with E-state index in [0.717, 1.165) is 5.56 Å². The summed E-state index contributed by atoms with van der Waals surface area (Å²) in [7, 11) is 0. The highest BCUT2D eigenvalue weighted by Crippen LogP contribution is 2.28. The second-order valence-electron chi connectivity index (χ2n) is 9.68. The van der Waals surface area contributed by atoms with Gasteiger partial charge in [0.25, 0.3) is 5.91 Å². The van der Waals surface area contributed by atoms with Crippen LogP contribution in [-0.2, 0) is 10.2 Å². The summed E-state index contributed by atoms with van der Waals surface area (Å²) in [6.45, 7) is 12.1. The van der Waals surface area contributed by atoms with E-state index >= 15 is 0 Å². The summed E-state index contributed by atoms with van der Waals surface area (Å²) in [5.41, 5.74) is 3.10. The van der Waals surface area contributed by atoms with Crippen molar-refractivity contribution in [3.8, 4) is 0 Å². The normalized spacial score (nSPS) is 16.5. The van der Waals surface area contributed by atoms with Gasteiger partial charge in [-0.05, 0) is 41.4 Å². The number of likely N-dealkylation sites (tertiary alicyclic amines) is 1. The zero-order valence-electron chi connectivity index (χ0n) is 18.8. The molecule has 5 heteroatoms. The SMILES string of the molecule is CC(C)C(NC(=O)C1CCN(C(=O)c2ccoc2)CC1)c1ccc(C(C)(C)C)cc1. The van der Waals surface area contributed by atoms with Crippen LogP contribution in [0.5, 0.6) is 0 Å². The van der Waals surface area contributed by atoms with Crippen LogP contribution < -0.4 is 5.32 Å². The lowest BCUT2D eigenvalue weighted by Crippen LogP contribution is -2.44. The minimum atomic E-state index is -0.0616. The molecule has 1 aliphatic rings. The molecule has 2 amide bonds. The maximum Gasteiger partial charge on any atom is 0.257 e. The fourth-order valence-electron chi connectivity index (χ4n) is 4.01. The lowest BCUT2D eigenvalue weighted by Gasteiger charge is -2.33. The largest absolute Gasteiger partial charge is 0.472 e. The standard InChI is InChI=1S/C25H34N2O3/c1-17(2)22(18-6-8-21(9-7-18)25(3,4)5)26-23(28)19-10-13-27(14-11-19)24(29)20-12-15-30-16-20/h6-9,12,15-17,19,22H,10-11,13-14H2,1-5H3,(H,26,28). The number of amides is 2. The summed E-state index contributed by atoms with van der Waals surface area (Å²) in [6.07, 6.45) is 4.35. The van der Waals surface area contributed by atoms with Crippen molar-refractivity contribution in [2.45, 2.75) is 58.9 Å². The Morgan fingerprint density at radius 2 is 1.70 bits per heavy atom. The fourth-order valence-corrected chi connectivity index (χ4v) is 4.01. The van der Waals surface area contributed by atoms with Gasteiger partial charge >= 0.3 is 0 Å². The molecule has 1 saturated heterocycles. The Balaban J connectivity index is 1.60. The maximum atomic E-state index is 13.0. The zero-order chi connectivity index (χ0) is 21.9. The van der Waals surface area contributed by atoms with E-state index in [1.165, 1.54) is 18.1 Å². The zero-order valence-corrected chi connectivity index (χ0v) is 18.8. The summed E-state index contributed by atoms with van der Waals surface area (Å²) >= 11 is 0. The first kappa shape index (κ1) is 22.1. The van der Waals surface area contributed by atoms with Crippen molar-refractivity contribution in [2.75, 3.05) is 13.1 Å². The minimum absolute atomic E-state index is 0.0166. The molecule has 0 radical (unpaired) electrons. The maximum absolute atomic E-state index is 13.0. The Kier molecular flexibility index (Phi) is 6.69. The van der Waals surface area contributed by atoms with E-state index in [9.17, 15) is 9.59 Å². The number of hydrogen-bond donors (Lipinski definition) is 1. The van der Waals surface area contributed by atoms with Crippen LogP contribution in [0.4, 0.5) is 0 Å². The molecule has 2 heterocycles. The van der Waals surface area contributed by atoms with Crippen LogP contribution in [0.3, 0.4) is 0 Å². The molecule has 0 bridgehead atoms. The number of piperidine rings is 1. The Morgan fingerprint density at radius 3 is 2.20 bits per heavy atom. The number of hydrogen-bond acceptors (Lipinski definition) is 3. The van der Waals surface area contributed by atoms with Crippen molar-refractivity contribution in [1.82, 2.24) is 10.2 Å². The smallest absolute Gasteiger partial charge is 0.257 e. The third-order valence-corrected chi connectivity index (χ3v) is 6.02. The predicted molar refractivity (Wildman–Crippen MR) is 118 cm³/mol. The van der Waals surface area contributed by atoms with Crippen LogP contribution in [-0.4, -0.2) is 29.8 Å². The third kappa shape index (κ3) is 5.13. The quantitative estimate of drug-likeness (QED) is 0.759. The molecule has 0 aliphatic carbocycles. The Bertz CT molecular complexity index is 840. The lowest BCUT2D eigenvalue weighted by atomic mass is 9.85. The number of rotatable bonds is 5. The van der Waals surface area contributed by atoms with Crippen molar-refractivity contribution in [2.24, 2.45) is 11.8 Å². The van der Waals surface area contributed by atoms with Gasteiger partial charge in [0.2, 0.25) is 5.91 Å². The number of nitrogens with one attached hydrogen (secondary N) is 1.